The van der Waals surface area contributed by atoms with Crippen molar-refractivity contribution in [1.82, 2.24) is 0 Å². The lowest BCUT2D eigenvalue weighted by molar-refractivity contribution is -0.289. The Balaban J connectivity index is 3.10. The molecule has 5 heteroatoms. The van der Waals surface area contributed by atoms with Crippen LogP contribution in [0.3, 0.4) is 0 Å². The lowest BCUT2D eigenvalue weighted by Crippen LogP contribution is -2.33. The molecule has 78 valence electrons. The molecule has 0 saturated heterocycles. The fraction of sp³-hybridized carbons (Fsp3) is 0.333. The molecule has 0 atom stereocenters. The molecule has 0 bridgehead atoms. The van der Waals surface area contributed by atoms with E-state index in [2.05, 4.69) is 0 Å². The van der Waals surface area contributed by atoms with Gasteiger partial charge < -0.3 is 0 Å². The van der Waals surface area contributed by atoms with Gasteiger partial charge in [0, 0.05) is 5.56 Å². The van der Waals surface area contributed by atoms with Crippen LogP contribution in [0.2, 0.25) is 0 Å². The normalized spacial score (nSPS) is 13.0. The first-order valence-electron chi connectivity index (χ1n) is 3.77. The molecule has 0 heterocycles. The minimum absolute atomic E-state index is 0.631. The summed E-state index contributed by atoms with van der Waals surface area (Å²) in [5, 5.41) is 0. The zero-order chi connectivity index (χ0) is 11.0. The van der Waals surface area contributed by atoms with Gasteiger partial charge in [-0.05, 0) is 6.92 Å². The molecule has 0 aliphatic rings. The molecular formula is C9H7F5. The van der Waals surface area contributed by atoms with E-state index < -0.39 is 17.7 Å². The van der Waals surface area contributed by atoms with Crippen LogP contribution in [0.25, 0.3) is 0 Å². The van der Waals surface area contributed by atoms with E-state index in [0.717, 1.165) is 12.1 Å². The summed E-state index contributed by atoms with van der Waals surface area (Å²) in [5.41, 5.74) is -0.401. The number of halogens is 5. The Bertz CT molecular complexity index is 309. The SMILES string of the molecule is Cc1ccc(C(F)(F)C(F)(F)F)cc1. The first kappa shape index (κ1) is 10.9. The number of alkyl halides is 5. The number of hydrogen-bond donors (Lipinski definition) is 0. The Morgan fingerprint density at radius 1 is 0.857 bits per heavy atom. The van der Waals surface area contributed by atoms with Gasteiger partial charge >= 0.3 is 12.1 Å². The van der Waals surface area contributed by atoms with E-state index in [1.165, 1.54) is 12.1 Å². The summed E-state index contributed by atoms with van der Waals surface area (Å²) in [5.74, 6) is -4.78. The number of aryl methyl sites for hydroxylation is 1. The van der Waals surface area contributed by atoms with E-state index in [0.29, 0.717) is 5.56 Å². The van der Waals surface area contributed by atoms with Gasteiger partial charge in [-0.25, -0.2) is 0 Å². The Morgan fingerprint density at radius 3 is 1.64 bits per heavy atom. The van der Waals surface area contributed by atoms with Crippen LogP contribution in [0, 0.1) is 6.92 Å². The summed E-state index contributed by atoms with van der Waals surface area (Å²) < 4.78 is 60.9. The summed E-state index contributed by atoms with van der Waals surface area (Å²) in [6, 6.07) is 4.00. The van der Waals surface area contributed by atoms with Crippen molar-refractivity contribution < 1.29 is 22.0 Å². The molecule has 14 heavy (non-hydrogen) atoms. The first-order chi connectivity index (χ1) is 6.25. The van der Waals surface area contributed by atoms with Crippen LogP contribution < -0.4 is 0 Å². The molecule has 0 fully saturated rings. The van der Waals surface area contributed by atoms with Gasteiger partial charge in [-0.15, -0.1) is 0 Å². The molecule has 1 aromatic carbocycles. The fourth-order valence-corrected chi connectivity index (χ4v) is 0.927. The van der Waals surface area contributed by atoms with E-state index in [-0.39, 0.29) is 0 Å². The summed E-state index contributed by atoms with van der Waals surface area (Å²) in [7, 11) is 0. The van der Waals surface area contributed by atoms with Crippen molar-refractivity contribution in [1.29, 1.82) is 0 Å². The fourth-order valence-electron chi connectivity index (χ4n) is 0.927. The molecule has 0 radical (unpaired) electrons. The van der Waals surface area contributed by atoms with Crippen molar-refractivity contribution in [3.05, 3.63) is 35.4 Å². The highest BCUT2D eigenvalue weighted by molar-refractivity contribution is 5.25. The molecule has 0 amide bonds. The molecule has 0 nitrogen and oxygen atoms in total. The number of rotatable bonds is 1. The molecule has 0 aliphatic heterocycles. The second kappa shape index (κ2) is 3.22. The molecule has 0 spiro atoms. The zero-order valence-corrected chi connectivity index (χ0v) is 7.20. The van der Waals surface area contributed by atoms with Gasteiger partial charge in [-0.1, -0.05) is 29.8 Å². The molecule has 0 aliphatic carbocycles. The third-order valence-electron chi connectivity index (χ3n) is 1.77. The molecule has 0 aromatic heterocycles. The lowest BCUT2D eigenvalue weighted by atomic mass is 10.1. The van der Waals surface area contributed by atoms with Gasteiger partial charge in [-0.3, -0.25) is 0 Å². The van der Waals surface area contributed by atoms with E-state index >= 15 is 0 Å². The molecule has 1 rings (SSSR count). The van der Waals surface area contributed by atoms with Gasteiger partial charge in [0.25, 0.3) is 0 Å². The van der Waals surface area contributed by atoms with Gasteiger partial charge in [0.05, 0.1) is 0 Å². The van der Waals surface area contributed by atoms with E-state index in [9.17, 15) is 22.0 Å². The van der Waals surface area contributed by atoms with Gasteiger partial charge in [0.1, 0.15) is 0 Å². The van der Waals surface area contributed by atoms with Crippen LogP contribution in [0.5, 0.6) is 0 Å². The molecule has 0 unspecified atom stereocenters. The summed E-state index contributed by atoms with van der Waals surface area (Å²) in [4.78, 5) is 0. The van der Waals surface area contributed by atoms with Crippen LogP contribution in [-0.2, 0) is 5.92 Å². The Labute approximate surface area is 77.4 Å². The minimum atomic E-state index is -5.54. The maximum atomic E-state index is 12.7. The van der Waals surface area contributed by atoms with Crippen LogP contribution >= 0.6 is 0 Å². The maximum Gasteiger partial charge on any atom is 0.458 e. The molecule has 0 saturated carbocycles. The highest BCUT2D eigenvalue weighted by atomic mass is 19.4. The van der Waals surface area contributed by atoms with Crippen LogP contribution in [0.15, 0.2) is 24.3 Å². The highest BCUT2D eigenvalue weighted by Gasteiger charge is 2.58. The van der Waals surface area contributed by atoms with Gasteiger partial charge in [0.15, 0.2) is 0 Å². The number of hydrogen-bond acceptors (Lipinski definition) is 0. The predicted octanol–water partition coefficient (Wildman–Crippen LogP) is 3.65. The topological polar surface area (TPSA) is 0 Å². The van der Waals surface area contributed by atoms with Gasteiger partial charge in [-0.2, -0.15) is 22.0 Å². The highest BCUT2D eigenvalue weighted by Crippen LogP contribution is 2.43. The van der Waals surface area contributed by atoms with Crippen molar-refractivity contribution in [3.63, 3.8) is 0 Å². The van der Waals surface area contributed by atoms with Crippen molar-refractivity contribution in [2.45, 2.75) is 19.0 Å². The summed E-state index contributed by atoms with van der Waals surface area (Å²) >= 11 is 0. The largest absolute Gasteiger partial charge is 0.458 e. The Kier molecular flexibility index (Phi) is 2.52. The smallest absolute Gasteiger partial charge is 0.191 e. The Hall–Kier alpha value is -1.13. The average molecular weight is 210 g/mol. The molecule has 1 aromatic rings. The van der Waals surface area contributed by atoms with Crippen LogP contribution in [-0.4, -0.2) is 6.18 Å². The van der Waals surface area contributed by atoms with Crippen molar-refractivity contribution >= 4 is 0 Å². The zero-order valence-electron chi connectivity index (χ0n) is 7.20. The third-order valence-corrected chi connectivity index (χ3v) is 1.77. The molecule has 0 N–H and O–H groups in total. The quantitative estimate of drug-likeness (QED) is 0.620. The van der Waals surface area contributed by atoms with Crippen LogP contribution in [0.1, 0.15) is 11.1 Å². The van der Waals surface area contributed by atoms with Gasteiger partial charge in [0.2, 0.25) is 0 Å². The van der Waals surface area contributed by atoms with Crippen molar-refractivity contribution in [2.75, 3.05) is 0 Å². The van der Waals surface area contributed by atoms with Crippen molar-refractivity contribution in [3.8, 4) is 0 Å². The maximum absolute atomic E-state index is 12.7. The average Bonchev–Trinajstić information content (AvgIpc) is 2.03. The van der Waals surface area contributed by atoms with Crippen LogP contribution in [0.4, 0.5) is 22.0 Å². The van der Waals surface area contributed by atoms with Crippen molar-refractivity contribution in [2.24, 2.45) is 0 Å². The van der Waals surface area contributed by atoms with E-state index in [4.69, 9.17) is 0 Å². The number of benzene rings is 1. The first-order valence-corrected chi connectivity index (χ1v) is 3.77. The van der Waals surface area contributed by atoms with E-state index in [1.807, 2.05) is 0 Å². The third kappa shape index (κ3) is 1.86. The summed E-state index contributed by atoms with van der Waals surface area (Å²) in [6.45, 7) is 1.61. The minimum Gasteiger partial charge on any atom is -0.191 e. The standard InChI is InChI=1S/C9H7F5/c1-6-2-4-7(5-3-6)8(10,11)9(12,13)14/h2-5H,1H3. The second-order valence-electron chi connectivity index (χ2n) is 2.94. The summed E-state index contributed by atoms with van der Waals surface area (Å²) in [6.07, 6.45) is -5.54. The second-order valence-corrected chi connectivity index (χ2v) is 2.94. The predicted molar refractivity (Wildman–Crippen MR) is 41.1 cm³/mol. The molecular weight excluding hydrogens is 203 g/mol. The lowest BCUT2D eigenvalue weighted by Gasteiger charge is -2.19. The van der Waals surface area contributed by atoms with E-state index in [1.54, 1.807) is 6.92 Å². The monoisotopic (exact) mass is 210 g/mol. The Morgan fingerprint density at radius 2 is 1.29 bits per heavy atom.